The van der Waals surface area contributed by atoms with Crippen LogP contribution in [0.15, 0.2) is 36.4 Å². The SMILES string of the molecule is COc1ccc(OCC(=O)c2ccc(NC(C)=O)cc2F)c([N+](=O)[O-])c1. The van der Waals surface area contributed by atoms with Gasteiger partial charge in [-0.3, -0.25) is 19.7 Å². The zero-order chi connectivity index (χ0) is 19.3. The van der Waals surface area contributed by atoms with E-state index in [-0.39, 0.29) is 34.3 Å². The average Bonchev–Trinajstić information content (AvgIpc) is 2.59. The molecule has 1 N–H and O–H groups in total. The van der Waals surface area contributed by atoms with Gasteiger partial charge in [0, 0.05) is 12.6 Å². The Morgan fingerprint density at radius 2 is 1.96 bits per heavy atom. The number of Topliss-reactive ketones (excluding diaryl/α,β-unsaturated/α-hetero) is 1. The van der Waals surface area contributed by atoms with Gasteiger partial charge in [-0.1, -0.05) is 0 Å². The molecular weight excluding hydrogens is 347 g/mol. The van der Waals surface area contributed by atoms with E-state index in [1.165, 1.54) is 38.3 Å². The van der Waals surface area contributed by atoms with Gasteiger partial charge >= 0.3 is 5.69 Å². The minimum Gasteiger partial charge on any atom is -0.496 e. The quantitative estimate of drug-likeness (QED) is 0.461. The number of hydrogen-bond acceptors (Lipinski definition) is 6. The van der Waals surface area contributed by atoms with Gasteiger partial charge in [-0.15, -0.1) is 0 Å². The van der Waals surface area contributed by atoms with Crippen LogP contribution < -0.4 is 14.8 Å². The molecule has 0 aliphatic carbocycles. The molecule has 0 aliphatic heterocycles. The normalized spacial score (nSPS) is 10.1. The maximum atomic E-state index is 14.0. The summed E-state index contributed by atoms with van der Waals surface area (Å²) in [7, 11) is 1.36. The summed E-state index contributed by atoms with van der Waals surface area (Å²) < 4.78 is 24.1. The number of nitro benzene ring substituents is 1. The van der Waals surface area contributed by atoms with Crippen LogP contribution in [0.3, 0.4) is 0 Å². The minimum atomic E-state index is -0.839. The fraction of sp³-hybridized carbons (Fsp3) is 0.176. The molecule has 2 rings (SSSR count). The first-order valence-electron chi connectivity index (χ1n) is 7.37. The van der Waals surface area contributed by atoms with Gasteiger partial charge < -0.3 is 14.8 Å². The third-order valence-corrected chi connectivity index (χ3v) is 3.31. The van der Waals surface area contributed by atoms with E-state index in [9.17, 15) is 24.1 Å². The van der Waals surface area contributed by atoms with E-state index in [0.29, 0.717) is 0 Å². The van der Waals surface area contributed by atoms with Crippen molar-refractivity contribution in [1.29, 1.82) is 0 Å². The average molecular weight is 362 g/mol. The number of nitrogens with zero attached hydrogens (tertiary/aromatic N) is 1. The van der Waals surface area contributed by atoms with Crippen molar-refractivity contribution in [3.8, 4) is 11.5 Å². The molecule has 0 heterocycles. The third-order valence-electron chi connectivity index (χ3n) is 3.31. The number of halogens is 1. The number of ether oxygens (including phenoxy) is 2. The van der Waals surface area contributed by atoms with Crippen LogP contribution in [0.5, 0.6) is 11.5 Å². The van der Waals surface area contributed by atoms with Crippen LogP contribution in [-0.4, -0.2) is 30.3 Å². The highest BCUT2D eigenvalue weighted by Gasteiger charge is 2.19. The Morgan fingerprint density at radius 1 is 1.23 bits per heavy atom. The van der Waals surface area contributed by atoms with Gasteiger partial charge in [-0.05, 0) is 30.3 Å². The fourth-order valence-corrected chi connectivity index (χ4v) is 2.13. The summed E-state index contributed by atoms with van der Waals surface area (Å²) in [5, 5.41) is 13.5. The second-order valence-corrected chi connectivity index (χ2v) is 5.18. The Balaban J connectivity index is 2.14. The molecule has 2 aromatic carbocycles. The molecule has 0 unspecified atom stereocenters. The molecular formula is C17H15FN2O6. The van der Waals surface area contributed by atoms with E-state index in [1.807, 2.05) is 0 Å². The lowest BCUT2D eigenvalue weighted by molar-refractivity contribution is -0.385. The summed E-state index contributed by atoms with van der Waals surface area (Å²) in [4.78, 5) is 33.5. The Labute approximate surface area is 147 Å². The Morgan fingerprint density at radius 3 is 2.54 bits per heavy atom. The zero-order valence-electron chi connectivity index (χ0n) is 13.9. The number of amides is 1. The number of nitrogens with one attached hydrogen (secondary N) is 1. The molecule has 0 aromatic heterocycles. The van der Waals surface area contributed by atoms with Crippen LogP contribution in [0.25, 0.3) is 0 Å². The second kappa shape index (κ2) is 8.06. The molecule has 0 atom stereocenters. The molecule has 136 valence electrons. The second-order valence-electron chi connectivity index (χ2n) is 5.18. The summed E-state index contributed by atoms with van der Waals surface area (Å²) in [5.74, 6) is -1.80. The molecule has 9 heteroatoms. The van der Waals surface area contributed by atoms with Crippen molar-refractivity contribution in [1.82, 2.24) is 0 Å². The molecule has 0 radical (unpaired) electrons. The fourth-order valence-electron chi connectivity index (χ4n) is 2.13. The maximum Gasteiger partial charge on any atom is 0.314 e. The monoisotopic (exact) mass is 362 g/mol. The predicted molar refractivity (Wildman–Crippen MR) is 90.2 cm³/mol. The lowest BCUT2D eigenvalue weighted by Crippen LogP contribution is -2.14. The molecule has 1 amide bonds. The summed E-state index contributed by atoms with van der Waals surface area (Å²) >= 11 is 0. The van der Waals surface area contributed by atoms with Gasteiger partial charge in [-0.2, -0.15) is 0 Å². The van der Waals surface area contributed by atoms with Gasteiger partial charge in [0.1, 0.15) is 11.6 Å². The van der Waals surface area contributed by atoms with E-state index in [2.05, 4.69) is 5.32 Å². The van der Waals surface area contributed by atoms with Crippen molar-refractivity contribution < 1.29 is 28.4 Å². The third kappa shape index (κ3) is 4.53. The minimum absolute atomic E-state index is 0.139. The van der Waals surface area contributed by atoms with Crippen LogP contribution in [0.4, 0.5) is 15.8 Å². The standard InChI is InChI=1S/C17H15FN2O6/c1-10(21)19-11-3-5-13(14(18)7-11)16(22)9-26-17-6-4-12(25-2)8-15(17)20(23)24/h3-8H,9H2,1-2H3,(H,19,21). The predicted octanol–water partition coefficient (Wildman–Crippen LogP) is 2.96. The van der Waals surface area contributed by atoms with E-state index in [4.69, 9.17) is 9.47 Å². The van der Waals surface area contributed by atoms with Crippen LogP contribution in [0.2, 0.25) is 0 Å². The Kier molecular flexibility index (Phi) is 5.84. The lowest BCUT2D eigenvalue weighted by Gasteiger charge is -2.09. The number of carbonyl (C=O) groups is 2. The first-order chi connectivity index (χ1) is 12.3. The Hall–Kier alpha value is -3.49. The molecule has 2 aromatic rings. The lowest BCUT2D eigenvalue weighted by atomic mass is 10.1. The van der Waals surface area contributed by atoms with Gasteiger partial charge in [0.05, 0.1) is 23.7 Å². The van der Waals surface area contributed by atoms with E-state index < -0.39 is 23.1 Å². The topological polar surface area (TPSA) is 108 Å². The zero-order valence-corrected chi connectivity index (χ0v) is 13.9. The number of hydrogen-bond donors (Lipinski definition) is 1. The first kappa shape index (κ1) is 18.8. The summed E-state index contributed by atoms with van der Waals surface area (Å²) in [6.45, 7) is 0.677. The number of rotatable bonds is 7. The number of anilines is 1. The highest BCUT2D eigenvalue weighted by atomic mass is 19.1. The number of carbonyl (C=O) groups excluding carboxylic acids is 2. The maximum absolute atomic E-state index is 14.0. The molecule has 0 saturated heterocycles. The van der Waals surface area contributed by atoms with Gasteiger partial charge in [0.25, 0.3) is 0 Å². The summed E-state index contributed by atoms with van der Waals surface area (Å²) in [5.41, 5.74) is -0.424. The largest absolute Gasteiger partial charge is 0.496 e. The van der Waals surface area contributed by atoms with Crippen LogP contribution in [0, 0.1) is 15.9 Å². The highest BCUT2D eigenvalue weighted by molar-refractivity contribution is 5.98. The first-order valence-corrected chi connectivity index (χ1v) is 7.37. The number of nitro groups is 1. The van der Waals surface area contributed by atoms with Crippen molar-refractivity contribution in [2.45, 2.75) is 6.92 Å². The number of benzene rings is 2. The van der Waals surface area contributed by atoms with Crippen molar-refractivity contribution in [2.24, 2.45) is 0 Å². The molecule has 0 aliphatic rings. The molecule has 8 nitrogen and oxygen atoms in total. The molecule has 0 saturated carbocycles. The van der Waals surface area contributed by atoms with Crippen LogP contribution in [0.1, 0.15) is 17.3 Å². The van der Waals surface area contributed by atoms with Crippen molar-refractivity contribution in [2.75, 3.05) is 19.0 Å². The number of methoxy groups -OCH3 is 1. The van der Waals surface area contributed by atoms with Crippen molar-refractivity contribution in [3.63, 3.8) is 0 Å². The van der Waals surface area contributed by atoms with E-state index >= 15 is 0 Å². The van der Waals surface area contributed by atoms with Crippen LogP contribution in [-0.2, 0) is 4.79 Å². The van der Waals surface area contributed by atoms with E-state index in [0.717, 1.165) is 12.1 Å². The van der Waals surface area contributed by atoms with Crippen molar-refractivity contribution >= 4 is 23.1 Å². The van der Waals surface area contributed by atoms with Gasteiger partial charge in [0.2, 0.25) is 11.7 Å². The summed E-state index contributed by atoms with van der Waals surface area (Å²) in [6, 6.07) is 7.46. The molecule has 26 heavy (non-hydrogen) atoms. The van der Waals surface area contributed by atoms with Gasteiger partial charge in [0.15, 0.2) is 12.4 Å². The molecule has 0 bridgehead atoms. The van der Waals surface area contributed by atoms with Gasteiger partial charge in [-0.25, -0.2) is 4.39 Å². The summed E-state index contributed by atoms with van der Waals surface area (Å²) in [6.07, 6.45) is 0. The van der Waals surface area contributed by atoms with Crippen LogP contribution >= 0.6 is 0 Å². The van der Waals surface area contributed by atoms with Crippen molar-refractivity contribution in [3.05, 3.63) is 57.9 Å². The number of ketones is 1. The van der Waals surface area contributed by atoms with E-state index in [1.54, 1.807) is 0 Å². The molecule has 0 fully saturated rings. The smallest absolute Gasteiger partial charge is 0.314 e. The molecule has 0 spiro atoms. The Bertz CT molecular complexity index is 868. The highest BCUT2D eigenvalue weighted by Crippen LogP contribution is 2.31.